The highest BCUT2D eigenvalue weighted by molar-refractivity contribution is 5.85. The van der Waals surface area contributed by atoms with Crippen molar-refractivity contribution in [3.8, 4) is 0 Å². The summed E-state index contributed by atoms with van der Waals surface area (Å²) in [7, 11) is 1.99. The third-order valence-electron chi connectivity index (χ3n) is 1.93. The number of hydrogen-bond donors (Lipinski definition) is 2. The fourth-order valence-electron chi connectivity index (χ4n) is 1.34. The maximum absolute atomic E-state index is 8.76. The number of likely N-dealkylation sites (tertiary alicyclic amines) is 1. The van der Waals surface area contributed by atoms with Gasteiger partial charge in [0.05, 0.1) is 6.61 Å². The topological polar surface area (TPSA) is 49.5 Å². The lowest BCUT2D eigenvalue weighted by molar-refractivity contribution is 0.182. The summed E-state index contributed by atoms with van der Waals surface area (Å²) in [4.78, 5) is 2.10. The zero-order valence-electron chi connectivity index (χ0n) is 6.56. The predicted octanol–water partition coefficient (Wildman–Crippen LogP) is -0.146. The van der Waals surface area contributed by atoms with Crippen LogP contribution < -0.4 is 5.73 Å². The molecule has 1 rings (SSSR count). The first kappa shape index (κ1) is 14.0. The van der Waals surface area contributed by atoms with Crippen molar-refractivity contribution < 1.29 is 5.11 Å². The third kappa shape index (κ3) is 3.58. The van der Waals surface area contributed by atoms with E-state index >= 15 is 0 Å². The van der Waals surface area contributed by atoms with Crippen LogP contribution >= 0.6 is 24.8 Å². The first-order valence-corrected chi connectivity index (χ1v) is 3.30. The molecule has 0 aromatic heterocycles. The molecule has 70 valence electrons. The minimum atomic E-state index is 0. The number of hydrogen-bond acceptors (Lipinski definition) is 3. The second-order valence-corrected chi connectivity index (χ2v) is 2.77. The van der Waals surface area contributed by atoms with Crippen molar-refractivity contribution in [2.75, 3.05) is 20.2 Å². The highest BCUT2D eigenvalue weighted by Crippen LogP contribution is 2.12. The molecule has 0 radical (unpaired) electrons. The molecule has 0 amide bonds. The van der Waals surface area contributed by atoms with Crippen molar-refractivity contribution in [2.24, 2.45) is 5.73 Å². The molecule has 3 nitrogen and oxygen atoms in total. The molecule has 1 aliphatic heterocycles. The molecule has 0 saturated carbocycles. The van der Waals surface area contributed by atoms with Gasteiger partial charge in [-0.2, -0.15) is 0 Å². The van der Waals surface area contributed by atoms with Gasteiger partial charge in [-0.25, -0.2) is 0 Å². The Morgan fingerprint density at radius 1 is 1.55 bits per heavy atom. The molecule has 3 N–H and O–H groups in total. The standard InChI is InChI=1S/C6H14N2O.2ClH/c1-8-3-5(7)2-6(8)4-9;;/h5-6,9H,2-4,7H2,1H3;2*1H. The molecule has 0 aromatic carbocycles. The molecule has 0 spiro atoms. The average molecular weight is 203 g/mol. The Hall–Kier alpha value is 0.460. The molecule has 1 aliphatic rings. The van der Waals surface area contributed by atoms with E-state index in [2.05, 4.69) is 4.90 Å². The lowest BCUT2D eigenvalue weighted by atomic mass is 10.2. The molecule has 1 heterocycles. The number of nitrogens with two attached hydrogens (primary N) is 1. The van der Waals surface area contributed by atoms with Crippen LogP contribution in [0.1, 0.15) is 6.42 Å². The fourth-order valence-corrected chi connectivity index (χ4v) is 1.34. The van der Waals surface area contributed by atoms with Gasteiger partial charge in [-0.05, 0) is 13.5 Å². The zero-order valence-corrected chi connectivity index (χ0v) is 8.20. The number of nitrogens with zero attached hydrogens (tertiary/aromatic N) is 1. The van der Waals surface area contributed by atoms with E-state index in [-0.39, 0.29) is 37.5 Å². The van der Waals surface area contributed by atoms with Crippen LogP contribution in [0.2, 0.25) is 0 Å². The van der Waals surface area contributed by atoms with Crippen LogP contribution in [-0.4, -0.2) is 42.3 Å². The van der Waals surface area contributed by atoms with Gasteiger partial charge < -0.3 is 10.8 Å². The predicted molar refractivity (Wildman–Crippen MR) is 50.6 cm³/mol. The van der Waals surface area contributed by atoms with Crippen LogP contribution in [0.5, 0.6) is 0 Å². The van der Waals surface area contributed by atoms with Gasteiger partial charge in [-0.15, -0.1) is 24.8 Å². The number of halogens is 2. The monoisotopic (exact) mass is 202 g/mol. The van der Waals surface area contributed by atoms with Gasteiger partial charge in [-0.3, -0.25) is 4.90 Å². The summed E-state index contributed by atoms with van der Waals surface area (Å²) in [6.45, 7) is 1.16. The van der Waals surface area contributed by atoms with Gasteiger partial charge >= 0.3 is 0 Å². The van der Waals surface area contributed by atoms with Crippen LogP contribution in [0, 0.1) is 0 Å². The Morgan fingerprint density at radius 3 is 2.27 bits per heavy atom. The molecule has 2 unspecified atom stereocenters. The molecular weight excluding hydrogens is 187 g/mol. The summed E-state index contributed by atoms with van der Waals surface area (Å²) in [5.74, 6) is 0. The second kappa shape index (κ2) is 6.03. The Labute approximate surface area is 79.8 Å². The van der Waals surface area contributed by atoms with Crippen LogP contribution in [0.25, 0.3) is 0 Å². The maximum Gasteiger partial charge on any atom is 0.0587 e. The summed E-state index contributed by atoms with van der Waals surface area (Å²) in [6, 6.07) is 0.576. The Balaban J connectivity index is 0. The summed E-state index contributed by atoms with van der Waals surface area (Å²) in [5.41, 5.74) is 5.64. The van der Waals surface area contributed by atoms with Gasteiger partial charge in [0.25, 0.3) is 0 Å². The van der Waals surface area contributed by atoms with Crippen molar-refractivity contribution >= 4 is 24.8 Å². The molecule has 1 fully saturated rings. The Kier molecular flexibility index (Phi) is 7.68. The van der Waals surface area contributed by atoms with Crippen molar-refractivity contribution in [1.29, 1.82) is 0 Å². The lowest BCUT2D eigenvalue weighted by Gasteiger charge is -2.14. The average Bonchev–Trinajstić information content (AvgIpc) is 2.10. The SMILES string of the molecule is CN1CC(N)CC1CO.Cl.Cl. The molecule has 11 heavy (non-hydrogen) atoms. The maximum atomic E-state index is 8.76. The number of aliphatic hydroxyl groups is 1. The summed E-state index contributed by atoms with van der Waals surface area (Å²) >= 11 is 0. The molecular formula is C6H16Cl2N2O. The van der Waals surface area contributed by atoms with E-state index in [0.29, 0.717) is 6.04 Å². The minimum Gasteiger partial charge on any atom is -0.395 e. The molecule has 0 aliphatic carbocycles. The van der Waals surface area contributed by atoms with Gasteiger partial charge in [0, 0.05) is 18.6 Å². The van der Waals surface area contributed by atoms with Crippen molar-refractivity contribution in [2.45, 2.75) is 18.5 Å². The minimum absolute atomic E-state index is 0. The number of aliphatic hydroxyl groups excluding tert-OH is 1. The Morgan fingerprint density at radius 2 is 2.09 bits per heavy atom. The second-order valence-electron chi connectivity index (χ2n) is 2.77. The van der Waals surface area contributed by atoms with E-state index < -0.39 is 0 Å². The van der Waals surface area contributed by atoms with E-state index in [1.165, 1.54) is 0 Å². The van der Waals surface area contributed by atoms with Crippen molar-refractivity contribution in [3.05, 3.63) is 0 Å². The summed E-state index contributed by atoms with van der Waals surface area (Å²) in [6.07, 6.45) is 0.938. The normalized spacial score (nSPS) is 30.8. The molecule has 5 heteroatoms. The van der Waals surface area contributed by atoms with E-state index in [1.54, 1.807) is 0 Å². The van der Waals surface area contributed by atoms with E-state index in [1.807, 2.05) is 7.05 Å². The van der Waals surface area contributed by atoms with Gasteiger partial charge in [0.2, 0.25) is 0 Å². The van der Waals surface area contributed by atoms with Crippen LogP contribution in [0.3, 0.4) is 0 Å². The van der Waals surface area contributed by atoms with Gasteiger partial charge in [0.15, 0.2) is 0 Å². The quantitative estimate of drug-likeness (QED) is 0.623. The van der Waals surface area contributed by atoms with E-state index in [0.717, 1.165) is 13.0 Å². The largest absolute Gasteiger partial charge is 0.395 e. The Bertz CT molecular complexity index is 105. The molecule has 0 aromatic rings. The first-order chi connectivity index (χ1) is 4.24. The van der Waals surface area contributed by atoms with Crippen molar-refractivity contribution in [3.63, 3.8) is 0 Å². The third-order valence-corrected chi connectivity index (χ3v) is 1.93. The molecule has 1 saturated heterocycles. The van der Waals surface area contributed by atoms with Gasteiger partial charge in [-0.1, -0.05) is 0 Å². The van der Waals surface area contributed by atoms with Gasteiger partial charge in [0.1, 0.15) is 0 Å². The number of likely N-dealkylation sites (N-methyl/N-ethyl adjacent to an activating group) is 1. The summed E-state index contributed by atoms with van der Waals surface area (Å²) in [5, 5.41) is 8.76. The summed E-state index contributed by atoms with van der Waals surface area (Å²) < 4.78 is 0. The van der Waals surface area contributed by atoms with E-state index in [4.69, 9.17) is 10.8 Å². The number of rotatable bonds is 1. The molecule has 2 atom stereocenters. The zero-order chi connectivity index (χ0) is 6.85. The lowest BCUT2D eigenvalue weighted by Crippen LogP contribution is -2.28. The van der Waals surface area contributed by atoms with Crippen LogP contribution in [0.15, 0.2) is 0 Å². The fraction of sp³-hybridized carbons (Fsp3) is 1.00. The molecule has 0 bridgehead atoms. The smallest absolute Gasteiger partial charge is 0.0587 e. The first-order valence-electron chi connectivity index (χ1n) is 3.30. The van der Waals surface area contributed by atoms with Crippen molar-refractivity contribution in [1.82, 2.24) is 4.90 Å². The highest BCUT2D eigenvalue weighted by atomic mass is 35.5. The highest BCUT2D eigenvalue weighted by Gasteiger charge is 2.25. The van der Waals surface area contributed by atoms with Crippen LogP contribution in [-0.2, 0) is 0 Å². The van der Waals surface area contributed by atoms with E-state index in [9.17, 15) is 0 Å². The van der Waals surface area contributed by atoms with Crippen LogP contribution in [0.4, 0.5) is 0 Å².